The van der Waals surface area contributed by atoms with Crippen LogP contribution >= 0.6 is 12.2 Å². The highest BCUT2D eigenvalue weighted by molar-refractivity contribution is 7.80. The van der Waals surface area contributed by atoms with Crippen molar-refractivity contribution < 1.29 is 14.7 Å². The molecule has 1 fully saturated rings. The molecule has 1 heterocycles. The first-order valence-electron chi connectivity index (χ1n) is 7.16. The van der Waals surface area contributed by atoms with Crippen LogP contribution in [0.1, 0.15) is 31.2 Å². The first kappa shape index (κ1) is 15.6. The number of hydrogen-bond acceptors (Lipinski definition) is 3. The molecular formula is C16H19NO3S. The van der Waals surface area contributed by atoms with E-state index in [1.807, 2.05) is 18.2 Å². The zero-order valence-corrected chi connectivity index (χ0v) is 12.6. The normalized spacial score (nSPS) is 18.0. The van der Waals surface area contributed by atoms with E-state index in [2.05, 4.69) is 12.1 Å². The van der Waals surface area contributed by atoms with Crippen molar-refractivity contribution in [1.29, 1.82) is 0 Å². The van der Waals surface area contributed by atoms with Gasteiger partial charge in [-0.25, -0.2) is 4.79 Å². The van der Waals surface area contributed by atoms with Crippen molar-refractivity contribution in [2.24, 2.45) is 0 Å². The van der Waals surface area contributed by atoms with E-state index >= 15 is 0 Å². The summed E-state index contributed by atoms with van der Waals surface area (Å²) in [5, 5.41) is 9.12. The van der Waals surface area contributed by atoms with Gasteiger partial charge in [0.1, 0.15) is 6.04 Å². The molecule has 0 bridgehead atoms. The SMILES string of the molecule is O=C(O)[C@@H]1CC(=S)CN1C(=O)CCCCc1ccccc1. The summed E-state index contributed by atoms with van der Waals surface area (Å²) < 4.78 is 0. The molecule has 1 aliphatic rings. The minimum absolute atomic E-state index is 0.102. The van der Waals surface area contributed by atoms with Gasteiger partial charge in [0.2, 0.25) is 5.91 Å². The van der Waals surface area contributed by atoms with Gasteiger partial charge in [-0.1, -0.05) is 42.5 Å². The molecule has 2 rings (SSSR count). The number of carbonyl (C=O) groups excluding carboxylic acids is 1. The van der Waals surface area contributed by atoms with Crippen molar-refractivity contribution in [2.45, 2.75) is 38.1 Å². The van der Waals surface area contributed by atoms with Crippen molar-refractivity contribution in [3.05, 3.63) is 35.9 Å². The molecule has 5 heteroatoms. The predicted octanol–water partition coefficient (Wildman–Crippen LogP) is 2.45. The third-order valence-corrected chi connectivity index (χ3v) is 3.99. The summed E-state index contributed by atoms with van der Waals surface area (Å²) >= 11 is 5.05. The van der Waals surface area contributed by atoms with E-state index in [4.69, 9.17) is 17.3 Å². The van der Waals surface area contributed by atoms with Crippen LogP contribution in [0.15, 0.2) is 30.3 Å². The van der Waals surface area contributed by atoms with Crippen LogP contribution in [0.5, 0.6) is 0 Å². The number of amides is 1. The number of carbonyl (C=O) groups is 2. The number of nitrogens with zero attached hydrogens (tertiary/aromatic N) is 1. The van der Waals surface area contributed by atoms with Crippen molar-refractivity contribution >= 4 is 29.0 Å². The molecule has 1 amide bonds. The van der Waals surface area contributed by atoms with Crippen LogP contribution in [0.2, 0.25) is 0 Å². The minimum atomic E-state index is -0.965. The van der Waals surface area contributed by atoms with Gasteiger partial charge >= 0.3 is 5.97 Å². The van der Waals surface area contributed by atoms with Crippen LogP contribution in [0.3, 0.4) is 0 Å². The lowest BCUT2D eigenvalue weighted by molar-refractivity contribution is -0.148. The number of carboxylic acids is 1. The Labute approximate surface area is 129 Å². The summed E-state index contributed by atoms with van der Waals surface area (Å²) in [4.78, 5) is 25.3. The molecule has 0 radical (unpaired) electrons. The van der Waals surface area contributed by atoms with Gasteiger partial charge in [0.25, 0.3) is 0 Å². The maximum absolute atomic E-state index is 12.1. The molecule has 0 unspecified atom stereocenters. The Kier molecular flexibility index (Phi) is 5.44. The monoisotopic (exact) mass is 305 g/mol. The smallest absolute Gasteiger partial charge is 0.326 e. The van der Waals surface area contributed by atoms with E-state index in [0.717, 1.165) is 19.3 Å². The van der Waals surface area contributed by atoms with Crippen LogP contribution in [-0.4, -0.2) is 39.3 Å². The van der Waals surface area contributed by atoms with Crippen LogP contribution in [0.4, 0.5) is 0 Å². The van der Waals surface area contributed by atoms with Gasteiger partial charge in [-0.2, -0.15) is 0 Å². The van der Waals surface area contributed by atoms with Gasteiger partial charge in [0.15, 0.2) is 0 Å². The van der Waals surface area contributed by atoms with Crippen LogP contribution in [0.25, 0.3) is 0 Å². The number of aryl methyl sites for hydroxylation is 1. The second kappa shape index (κ2) is 7.31. The summed E-state index contributed by atoms with van der Waals surface area (Å²) in [6, 6.07) is 9.36. The summed E-state index contributed by atoms with van der Waals surface area (Å²) in [6.45, 7) is 0.309. The number of unbranched alkanes of at least 4 members (excludes halogenated alkanes) is 1. The fourth-order valence-electron chi connectivity index (χ4n) is 2.57. The van der Waals surface area contributed by atoms with Crippen molar-refractivity contribution in [1.82, 2.24) is 4.90 Å². The molecule has 4 nitrogen and oxygen atoms in total. The number of hydrogen-bond donors (Lipinski definition) is 1. The zero-order valence-electron chi connectivity index (χ0n) is 11.8. The van der Waals surface area contributed by atoms with Crippen LogP contribution in [0, 0.1) is 0 Å². The van der Waals surface area contributed by atoms with Gasteiger partial charge in [0, 0.05) is 17.7 Å². The molecule has 0 spiro atoms. The second-order valence-electron chi connectivity index (χ2n) is 5.31. The molecular weight excluding hydrogens is 286 g/mol. The van der Waals surface area contributed by atoms with Crippen molar-refractivity contribution in [2.75, 3.05) is 6.54 Å². The van der Waals surface area contributed by atoms with E-state index in [1.54, 1.807) is 0 Å². The van der Waals surface area contributed by atoms with E-state index < -0.39 is 12.0 Å². The molecule has 1 N–H and O–H groups in total. The fourth-order valence-corrected chi connectivity index (χ4v) is 2.86. The van der Waals surface area contributed by atoms with Gasteiger partial charge in [0.05, 0.1) is 6.54 Å². The number of benzene rings is 1. The molecule has 112 valence electrons. The van der Waals surface area contributed by atoms with Crippen LogP contribution < -0.4 is 0 Å². The highest BCUT2D eigenvalue weighted by Crippen LogP contribution is 2.18. The molecule has 1 atom stereocenters. The Bertz CT molecular complexity index is 530. The largest absolute Gasteiger partial charge is 0.480 e. The predicted molar refractivity (Wildman–Crippen MR) is 84.3 cm³/mol. The first-order chi connectivity index (χ1) is 10.1. The molecule has 0 saturated carbocycles. The Morgan fingerprint density at radius 3 is 2.62 bits per heavy atom. The van der Waals surface area contributed by atoms with E-state index in [9.17, 15) is 9.59 Å². The lowest BCUT2D eigenvalue weighted by Crippen LogP contribution is -2.40. The number of likely N-dealkylation sites (tertiary alicyclic amines) is 1. The maximum atomic E-state index is 12.1. The average Bonchev–Trinajstić information content (AvgIpc) is 2.87. The summed E-state index contributed by atoms with van der Waals surface area (Å²) in [6.07, 6.45) is 3.32. The third kappa shape index (κ3) is 4.36. The average molecular weight is 305 g/mol. The Morgan fingerprint density at radius 1 is 1.24 bits per heavy atom. The van der Waals surface area contributed by atoms with Crippen molar-refractivity contribution in [3.8, 4) is 0 Å². The molecule has 1 aromatic carbocycles. The topological polar surface area (TPSA) is 57.6 Å². The molecule has 1 aliphatic heterocycles. The highest BCUT2D eigenvalue weighted by atomic mass is 32.1. The second-order valence-corrected chi connectivity index (χ2v) is 5.89. The lowest BCUT2D eigenvalue weighted by Gasteiger charge is -2.20. The number of carboxylic acid groups (broad SMARTS) is 1. The summed E-state index contributed by atoms with van der Waals surface area (Å²) in [5.41, 5.74) is 1.26. The Hall–Kier alpha value is -1.75. The molecule has 21 heavy (non-hydrogen) atoms. The van der Waals surface area contributed by atoms with Gasteiger partial charge in [-0.3, -0.25) is 4.79 Å². The zero-order chi connectivity index (χ0) is 15.2. The maximum Gasteiger partial charge on any atom is 0.326 e. The first-order valence-corrected chi connectivity index (χ1v) is 7.56. The van der Waals surface area contributed by atoms with Gasteiger partial charge in [-0.05, 0) is 24.8 Å². The van der Waals surface area contributed by atoms with Crippen molar-refractivity contribution in [3.63, 3.8) is 0 Å². The quantitative estimate of drug-likeness (QED) is 0.648. The number of rotatable bonds is 6. The minimum Gasteiger partial charge on any atom is -0.480 e. The van der Waals surface area contributed by atoms with Gasteiger partial charge < -0.3 is 10.0 Å². The Balaban J connectivity index is 1.76. The lowest BCUT2D eigenvalue weighted by atomic mass is 10.1. The highest BCUT2D eigenvalue weighted by Gasteiger charge is 2.36. The summed E-state index contributed by atoms with van der Waals surface area (Å²) in [5.74, 6) is -1.07. The molecule has 0 aliphatic carbocycles. The molecule has 0 aromatic heterocycles. The van der Waals surface area contributed by atoms with E-state index in [1.165, 1.54) is 10.5 Å². The number of aliphatic carboxylic acids is 1. The number of thiocarbonyl (C=S) groups is 1. The summed E-state index contributed by atoms with van der Waals surface area (Å²) in [7, 11) is 0. The van der Waals surface area contributed by atoms with Crippen LogP contribution in [-0.2, 0) is 16.0 Å². The van der Waals surface area contributed by atoms with Gasteiger partial charge in [-0.15, -0.1) is 0 Å². The molecule has 1 aromatic rings. The Morgan fingerprint density at radius 2 is 1.95 bits per heavy atom. The molecule has 1 saturated heterocycles. The standard InChI is InChI=1S/C16H19NO3S/c18-15(17-11-13(21)10-14(17)16(19)20)9-5-4-8-12-6-2-1-3-7-12/h1-3,6-7,14H,4-5,8-11H2,(H,19,20)/t14-/m0/s1. The third-order valence-electron chi connectivity index (χ3n) is 3.70. The van der Waals surface area contributed by atoms with E-state index in [0.29, 0.717) is 24.3 Å². The fraction of sp³-hybridized carbons (Fsp3) is 0.438. The van der Waals surface area contributed by atoms with E-state index in [-0.39, 0.29) is 5.91 Å².